The molecule has 0 spiro atoms. The highest BCUT2D eigenvalue weighted by molar-refractivity contribution is 5.70. The fraction of sp³-hybridized carbons (Fsp3) is 0.231. The fourth-order valence-corrected chi connectivity index (χ4v) is 1.75. The smallest absolute Gasteiger partial charge is 0.308 e. The van der Waals surface area contributed by atoms with Gasteiger partial charge in [0, 0.05) is 37.3 Å². The topological polar surface area (TPSA) is 55.1 Å². The van der Waals surface area contributed by atoms with Gasteiger partial charge in [-0.05, 0) is 24.3 Å². The number of hydrogen-bond acceptors (Lipinski definition) is 2. The summed E-state index contributed by atoms with van der Waals surface area (Å²) in [5.74, 6) is -1.23. The zero-order chi connectivity index (χ0) is 12.1. The standard InChI is InChI=1S/C13H14N2O2/c16-13(17)11(10-15-7-3-4-8-15)9-12-5-1-2-6-14-12/h1-8,11H,9-10H2,(H,16,17). The first-order valence-electron chi connectivity index (χ1n) is 5.49. The zero-order valence-electron chi connectivity index (χ0n) is 9.36. The normalized spacial score (nSPS) is 12.2. The average Bonchev–Trinajstić information content (AvgIpc) is 2.82. The minimum absolute atomic E-state index is 0.447. The molecule has 0 radical (unpaired) electrons. The molecular weight excluding hydrogens is 216 g/mol. The van der Waals surface area contributed by atoms with E-state index in [-0.39, 0.29) is 0 Å². The summed E-state index contributed by atoms with van der Waals surface area (Å²) in [6.45, 7) is 0.471. The third-order valence-corrected chi connectivity index (χ3v) is 2.63. The van der Waals surface area contributed by atoms with Crippen LogP contribution in [0.2, 0.25) is 0 Å². The molecule has 0 aliphatic heterocycles. The van der Waals surface area contributed by atoms with Gasteiger partial charge in [0.25, 0.3) is 0 Å². The number of aromatic nitrogens is 2. The van der Waals surface area contributed by atoms with Crippen LogP contribution in [0.25, 0.3) is 0 Å². The van der Waals surface area contributed by atoms with E-state index in [9.17, 15) is 9.90 Å². The van der Waals surface area contributed by atoms with Gasteiger partial charge < -0.3 is 9.67 Å². The molecule has 0 aromatic carbocycles. The summed E-state index contributed by atoms with van der Waals surface area (Å²) in [5.41, 5.74) is 0.812. The summed E-state index contributed by atoms with van der Waals surface area (Å²) in [5, 5.41) is 9.19. The molecule has 2 aromatic rings. The molecule has 1 atom stereocenters. The van der Waals surface area contributed by atoms with Crippen LogP contribution in [-0.4, -0.2) is 20.6 Å². The molecule has 2 rings (SSSR count). The van der Waals surface area contributed by atoms with Gasteiger partial charge in [0.2, 0.25) is 0 Å². The molecule has 1 unspecified atom stereocenters. The van der Waals surface area contributed by atoms with Crippen molar-refractivity contribution in [1.82, 2.24) is 9.55 Å². The summed E-state index contributed by atoms with van der Waals surface area (Å²) in [6, 6.07) is 9.33. The van der Waals surface area contributed by atoms with E-state index in [1.807, 2.05) is 47.3 Å². The molecule has 4 nitrogen and oxygen atoms in total. The largest absolute Gasteiger partial charge is 0.481 e. The Morgan fingerprint density at radius 2 is 2.06 bits per heavy atom. The van der Waals surface area contributed by atoms with E-state index in [2.05, 4.69) is 4.98 Å². The second kappa shape index (κ2) is 5.30. The van der Waals surface area contributed by atoms with Crippen LogP contribution in [0.4, 0.5) is 0 Å². The molecule has 0 aliphatic carbocycles. The fourth-order valence-electron chi connectivity index (χ4n) is 1.75. The minimum Gasteiger partial charge on any atom is -0.481 e. The van der Waals surface area contributed by atoms with Gasteiger partial charge in [0.1, 0.15) is 0 Å². The summed E-state index contributed by atoms with van der Waals surface area (Å²) >= 11 is 0. The molecular formula is C13H14N2O2. The Balaban J connectivity index is 2.06. The first-order chi connectivity index (χ1) is 8.25. The minimum atomic E-state index is -0.788. The maximum Gasteiger partial charge on any atom is 0.308 e. The van der Waals surface area contributed by atoms with Crippen LogP contribution >= 0.6 is 0 Å². The van der Waals surface area contributed by atoms with Crippen LogP contribution in [0.1, 0.15) is 5.69 Å². The molecule has 0 amide bonds. The number of hydrogen-bond donors (Lipinski definition) is 1. The summed E-state index contributed by atoms with van der Waals surface area (Å²) < 4.78 is 1.88. The van der Waals surface area contributed by atoms with Crippen LogP contribution in [0.3, 0.4) is 0 Å². The van der Waals surface area contributed by atoms with Crippen molar-refractivity contribution in [1.29, 1.82) is 0 Å². The summed E-state index contributed by atoms with van der Waals surface area (Å²) in [4.78, 5) is 15.3. The third-order valence-electron chi connectivity index (χ3n) is 2.63. The van der Waals surface area contributed by atoms with Crippen molar-refractivity contribution in [2.75, 3.05) is 0 Å². The third kappa shape index (κ3) is 3.17. The second-order valence-corrected chi connectivity index (χ2v) is 3.94. The van der Waals surface area contributed by atoms with Gasteiger partial charge in [-0.25, -0.2) is 0 Å². The average molecular weight is 230 g/mol. The van der Waals surface area contributed by atoms with Crippen LogP contribution < -0.4 is 0 Å². The lowest BCUT2D eigenvalue weighted by Gasteiger charge is -2.12. The summed E-state index contributed by atoms with van der Waals surface area (Å²) in [6.07, 6.45) is 5.88. The van der Waals surface area contributed by atoms with Crippen molar-refractivity contribution in [3.63, 3.8) is 0 Å². The summed E-state index contributed by atoms with van der Waals surface area (Å²) in [7, 11) is 0. The van der Waals surface area contributed by atoms with E-state index in [1.165, 1.54) is 0 Å². The van der Waals surface area contributed by atoms with E-state index in [0.29, 0.717) is 13.0 Å². The Hall–Kier alpha value is -2.10. The van der Waals surface area contributed by atoms with Crippen molar-refractivity contribution in [3.8, 4) is 0 Å². The van der Waals surface area contributed by atoms with Crippen LogP contribution in [0.5, 0.6) is 0 Å². The lowest BCUT2D eigenvalue weighted by atomic mass is 10.0. The number of rotatable bonds is 5. The van der Waals surface area contributed by atoms with E-state index >= 15 is 0 Å². The quantitative estimate of drug-likeness (QED) is 0.852. The van der Waals surface area contributed by atoms with Crippen LogP contribution in [-0.2, 0) is 17.8 Å². The molecule has 0 saturated carbocycles. The van der Waals surface area contributed by atoms with Gasteiger partial charge in [0.15, 0.2) is 0 Å². The highest BCUT2D eigenvalue weighted by Gasteiger charge is 2.18. The van der Waals surface area contributed by atoms with Gasteiger partial charge >= 0.3 is 5.97 Å². The maximum atomic E-state index is 11.2. The van der Waals surface area contributed by atoms with Crippen LogP contribution in [0.15, 0.2) is 48.9 Å². The number of carbonyl (C=O) groups is 1. The van der Waals surface area contributed by atoms with Gasteiger partial charge in [-0.2, -0.15) is 0 Å². The molecule has 1 N–H and O–H groups in total. The molecule has 0 bridgehead atoms. The first-order valence-corrected chi connectivity index (χ1v) is 5.49. The van der Waals surface area contributed by atoms with Crippen molar-refractivity contribution >= 4 is 5.97 Å². The number of nitrogens with zero attached hydrogens (tertiary/aromatic N) is 2. The highest BCUT2D eigenvalue weighted by Crippen LogP contribution is 2.10. The van der Waals surface area contributed by atoms with Crippen molar-refractivity contribution in [3.05, 3.63) is 54.6 Å². The Morgan fingerprint density at radius 1 is 1.29 bits per heavy atom. The van der Waals surface area contributed by atoms with Gasteiger partial charge in [0.05, 0.1) is 5.92 Å². The van der Waals surface area contributed by atoms with Crippen molar-refractivity contribution < 1.29 is 9.90 Å². The van der Waals surface area contributed by atoms with Crippen LogP contribution in [0, 0.1) is 5.92 Å². The second-order valence-electron chi connectivity index (χ2n) is 3.94. The van der Waals surface area contributed by atoms with Crippen molar-refractivity contribution in [2.45, 2.75) is 13.0 Å². The number of aliphatic carboxylic acids is 1. The van der Waals surface area contributed by atoms with E-state index in [4.69, 9.17) is 0 Å². The molecule has 2 aromatic heterocycles. The molecule has 2 heterocycles. The predicted molar refractivity (Wildman–Crippen MR) is 63.5 cm³/mol. The lowest BCUT2D eigenvalue weighted by molar-refractivity contribution is -0.142. The van der Waals surface area contributed by atoms with Crippen molar-refractivity contribution in [2.24, 2.45) is 5.92 Å². The molecule has 0 aliphatic rings. The Labute approximate surface area is 99.5 Å². The first kappa shape index (κ1) is 11.4. The van der Waals surface area contributed by atoms with Gasteiger partial charge in [-0.1, -0.05) is 6.07 Å². The Bertz CT molecular complexity index is 465. The lowest BCUT2D eigenvalue weighted by Crippen LogP contribution is -2.22. The SMILES string of the molecule is O=C(O)C(Cc1ccccn1)Cn1cccc1. The molecule has 88 valence electrons. The number of carboxylic acid groups (broad SMARTS) is 1. The maximum absolute atomic E-state index is 11.2. The van der Waals surface area contributed by atoms with Gasteiger partial charge in [-0.3, -0.25) is 9.78 Å². The van der Waals surface area contributed by atoms with E-state index < -0.39 is 11.9 Å². The number of carboxylic acids is 1. The molecule has 0 fully saturated rings. The zero-order valence-corrected chi connectivity index (χ0v) is 9.36. The molecule has 0 saturated heterocycles. The van der Waals surface area contributed by atoms with E-state index in [0.717, 1.165) is 5.69 Å². The van der Waals surface area contributed by atoms with Gasteiger partial charge in [-0.15, -0.1) is 0 Å². The van der Waals surface area contributed by atoms with E-state index in [1.54, 1.807) is 6.20 Å². The molecule has 17 heavy (non-hydrogen) atoms. The number of pyridine rings is 1. The highest BCUT2D eigenvalue weighted by atomic mass is 16.4. The Kier molecular flexibility index (Phi) is 3.55. The monoisotopic (exact) mass is 230 g/mol. The predicted octanol–water partition coefficient (Wildman–Crippen LogP) is 1.83. The molecule has 4 heteroatoms. The Morgan fingerprint density at radius 3 is 2.65 bits per heavy atom.